The maximum Gasteiger partial charge on any atom is 0.244 e. The van der Waals surface area contributed by atoms with E-state index >= 15 is 0 Å². The molecule has 0 bridgehead atoms. The van der Waals surface area contributed by atoms with Crippen LogP contribution in [-0.2, 0) is 32.6 Å². The summed E-state index contributed by atoms with van der Waals surface area (Å²) in [6, 6.07) is 20.6. The quantitative estimate of drug-likeness (QED) is 0.297. The van der Waals surface area contributed by atoms with Crippen LogP contribution in [0.15, 0.2) is 72.8 Å². The minimum Gasteiger partial charge on any atom is -0.352 e. The Hall–Kier alpha value is -3.07. The highest BCUT2D eigenvalue weighted by molar-refractivity contribution is 7.92. The molecule has 0 heterocycles. The van der Waals surface area contributed by atoms with Crippen LogP contribution >= 0.6 is 23.2 Å². The van der Waals surface area contributed by atoms with E-state index in [2.05, 4.69) is 5.32 Å². The fourth-order valence-electron chi connectivity index (χ4n) is 5.19. The van der Waals surface area contributed by atoms with E-state index in [-0.39, 0.29) is 24.9 Å². The molecule has 0 saturated heterocycles. The molecule has 1 fully saturated rings. The van der Waals surface area contributed by atoms with E-state index < -0.39 is 28.5 Å². The summed E-state index contributed by atoms with van der Waals surface area (Å²) in [5.41, 5.74) is 2.58. The van der Waals surface area contributed by atoms with Crippen LogP contribution in [0.2, 0.25) is 10.0 Å². The smallest absolute Gasteiger partial charge is 0.244 e. The Bertz CT molecular complexity index is 1480. The number of anilines is 1. The minimum atomic E-state index is -3.84. The Kier molecular flexibility index (Phi) is 10.3. The van der Waals surface area contributed by atoms with Gasteiger partial charge in [0.15, 0.2) is 0 Å². The molecule has 3 aromatic rings. The predicted octanol–water partition coefficient (Wildman–Crippen LogP) is 5.77. The molecule has 3 aromatic carbocycles. The SMILES string of the molecule is Cc1ccccc1N(CC(=O)N(Cc1ccc(Cl)cc1Cl)[C@@H](Cc1ccccc1)C(=O)NC1CCCC1)S(C)(=O)=O. The number of carbonyl (C=O) groups excluding carboxylic acids is 2. The predicted molar refractivity (Wildman–Crippen MR) is 165 cm³/mol. The van der Waals surface area contributed by atoms with E-state index in [1.807, 2.05) is 30.3 Å². The molecule has 0 aromatic heterocycles. The second-order valence-corrected chi connectivity index (χ2v) is 13.3. The third kappa shape index (κ3) is 8.24. The van der Waals surface area contributed by atoms with Crippen molar-refractivity contribution in [3.63, 3.8) is 0 Å². The summed E-state index contributed by atoms with van der Waals surface area (Å²) in [6.07, 6.45) is 5.17. The average Bonchev–Trinajstić information content (AvgIpc) is 3.43. The standard InChI is InChI=1S/C31H35Cl2N3O4S/c1-22-10-6-9-15-28(22)36(41(2,39)40)21-30(37)35(20-24-16-17-25(32)19-27(24)33)29(18-23-11-4-3-5-12-23)31(38)34-26-13-7-8-14-26/h3-6,9-12,15-17,19,26,29H,7-8,13-14,18,20-21H2,1-2H3,(H,34,38)/t29-/m0/s1. The van der Waals surface area contributed by atoms with Crippen LogP contribution in [-0.4, -0.2) is 50.0 Å². The molecule has 10 heteroatoms. The number of benzene rings is 3. The van der Waals surface area contributed by atoms with Gasteiger partial charge in [0.25, 0.3) is 0 Å². The lowest BCUT2D eigenvalue weighted by molar-refractivity contribution is -0.140. The second-order valence-electron chi connectivity index (χ2n) is 10.5. The minimum absolute atomic E-state index is 0.00417. The van der Waals surface area contributed by atoms with Gasteiger partial charge in [-0.05, 0) is 54.7 Å². The number of sulfonamides is 1. The van der Waals surface area contributed by atoms with Crippen molar-refractivity contribution in [2.24, 2.45) is 0 Å². The van der Waals surface area contributed by atoms with Gasteiger partial charge < -0.3 is 10.2 Å². The van der Waals surface area contributed by atoms with E-state index in [4.69, 9.17) is 23.2 Å². The number of aryl methyl sites for hydroxylation is 1. The molecule has 1 atom stereocenters. The van der Waals surface area contributed by atoms with E-state index in [1.165, 1.54) is 4.90 Å². The normalized spacial score (nSPS) is 14.4. The number of halogens is 2. The van der Waals surface area contributed by atoms with Gasteiger partial charge in [-0.3, -0.25) is 13.9 Å². The Morgan fingerprint density at radius 1 is 0.976 bits per heavy atom. The lowest BCUT2D eigenvalue weighted by atomic mass is 10.0. The average molecular weight is 617 g/mol. The van der Waals surface area contributed by atoms with Crippen molar-refractivity contribution in [3.05, 3.63) is 99.5 Å². The molecule has 1 N–H and O–H groups in total. The van der Waals surface area contributed by atoms with Gasteiger partial charge in [-0.1, -0.05) is 90.6 Å². The van der Waals surface area contributed by atoms with Crippen molar-refractivity contribution >= 4 is 50.7 Å². The molecule has 0 aliphatic heterocycles. The van der Waals surface area contributed by atoms with Crippen LogP contribution in [0.4, 0.5) is 5.69 Å². The van der Waals surface area contributed by atoms with E-state index in [9.17, 15) is 18.0 Å². The molecule has 2 amide bonds. The summed E-state index contributed by atoms with van der Waals surface area (Å²) in [7, 11) is -3.84. The second kappa shape index (κ2) is 13.7. The highest BCUT2D eigenvalue weighted by atomic mass is 35.5. The Balaban J connectivity index is 1.75. The molecule has 0 unspecified atom stereocenters. The number of nitrogens with zero attached hydrogens (tertiary/aromatic N) is 2. The van der Waals surface area contributed by atoms with Crippen molar-refractivity contribution in [2.45, 2.75) is 57.7 Å². The molecule has 0 radical (unpaired) electrons. The number of hydrogen-bond donors (Lipinski definition) is 1. The van der Waals surface area contributed by atoms with Crippen LogP contribution in [0.3, 0.4) is 0 Å². The first kappa shape index (κ1) is 30.9. The van der Waals surface area contributed by atoms with Crippen molar-refractivity contribution < 1.29 is 18.0 Å². The largest absolute Gasteiger partial charge is 0.352 e. The number of carbonyl (C=O) groups is 2. The van der Waals surface area contributed by atoms with Crippen LogP contribution in [0.25, 0.3) is 0 Å². The first-order chi connectivity index (χ1) is 19.5. The van der Waals surface area contributed by atoms with Gasteiger partial charge in [0.1, 0.15) is 12.6 Å². The Morgan fingerprint density at radius 2 is 1.63 bits per heavy atom. The monoisotopic (exact) mass is 615 g/mol. The third-order valence-electron chi connectivity index (χ3n) is 7.39. The van der Waals surface area contributed by atoms with Crippen molar-refractivity contribution in [3.8, 4) is 0 Å². The number of nitrogens with one attached hydrogen (secondary N) is 1. The highest BCUT2D eigenvalue weighted by Crippen LogP contribution is 2.27. The fraction of sp³-hybridized carbons (Fsp3) is 0.355. The molecular weight excluding hydrogens is 581 g/mol. The van der Waals surface area contributed by atoms with Gasteiger partial charge in [-0.15, -0.1) is 0 Å². The zero-order chi connectivity index (χ0) is 29.6. The number of hydrogen-bond acceptors (Lipinski definition) is 4. The summed E-state index contributed by atoms with van der Waals surface area (Å²) in [5, 5.41) is 3.94. The van der Waals surface area contributed by atoms with E-state index in [0.29, 0.717) is 26.9 Å². The summed E-state index contributed by atoms with van der Waals surface area (Å²) in [4.78, 5) is 29.6. The summed E-state index contributed by atoms with van der Waals surface area (Å²) >= 11 is 12.7. The van der Waals surface area contributed by atoms with Gasteiger partial charge in [0.05, 0.1) is 11.9 Å². The number of amides is 2. The number of para-hydroxylation sites is 1. The molecule has 218 valence electrons. The zero-order valence-corrected chi connectivity index (χ0v) is 25.6. The van der Waals surface area contributed by atoms with Gasteiger partial charge in [-0.2, -0.15) is 0 Å². The third-order valence-corrected chi connectivity index (χ3v) is 9.11. The van der Waals surface area contributed by atoms with Crippen molar-refractivity contribution in [2.75, 3.05) is 17.1 Å². The lowest BCUT2D eigenvalue weighted by Gasteiger charge is -2.34. The highest BCUT2D eigenvalue weighted by Gasteiger charge is 2.34. The first-order valence-corrected chi connectivity index (χ1v) is 16.2. The van der Waals surface area contributed by atoms with Gasteiger partial charge in [0, 0.05) is 29.1 Å². The molecule has 4 rings (SSSR count). The van der Waals surface area contributed by atoms with Crippen LogP contribution in [0.5, 0.6) is 0 Å². The van der Waals surface area contributed by atoms with Gasteiger partial charge >= 0.3 is 0 Å². The molecule has 7 nitrogen and oxygen atoms in total. The fourth-order valence-corrected chi connectivity index (χ4v) is 6.57. The van der Waals surface area contributed by atoms with Gasteiger partial charge in [0.2, 0.25) is 21.8 Å². The van der Waals surface area contributed by atoms with E-state index in [0.717, 1.165) is 41.8 Å². The Morgan fingerprint density at radius 3 is 2.27 bits per heavy atom. The topological polar surface area (TPSA) is 86.8 Å². The first-order valence-electron chi connectivity index (χ1n) is 13.6. The molecule has 1 saturated carbocycles. The summed E-state index contributed by atoms with van der Waals surface area (Å²) in [5.74, 6) is -0.798. The molecule has 0 spiro atoms. The van der Waals surface area contributed by atoms with Crippen LogP contribution in [0.1, 0.15) is 42.4 Å². The number of rotatable bonds is 11. The molecule has 1 aliphatic carbocycles. The van der Waals surface area contributed by atoms with Crippen molar-refractivity contribution in [1.29, 1.82) is 0 Å². The van der Waals surface area contributed by atoms with E-state index in [1.54, 1.807) is 49.4 Å². The Labute approximate surface area is 252 Å². The molecule has 41 heavy (non-hydrogen) atoms. The summed E-state index contributed by atoms with van der Waals surface area (Å²) in [6.45, 7) is 1.31. The maximum absolute atomic E-state index is 14.2. The zero-order valence-electron chi connectivity index (χ0n) is 23.2. The summed E-state index contributed by atoms with van der Waals surface area (Å²) < 4.78 is 27.0. The van der Waals surface area contributed by atoms with Crippen LogP contribution in [0, 0.1) is 6.92 Å². The maximum atomic E-state index is 14.2. The molecular formula is C31H35Cl2N3O4S. The molecule has 1 aliphatic rings. The lowest BCUT2D eigenvalue weighted by Crippen LogP contribution is -2.54. The van der Waals surface area contributed by atoms with Crippen LogP contribution < -0.4 is 9.62 Å². The van der Waals surface area contributed by atoms with Crippen molar-refractivity contribution in [1.82, 2.24) is 10.2 Å². The van der Waals surface area contributed by atoms with Gasteiger partial charge in [-0.25, -0.2) is 8.42 Å².